The number of aliphatic imine (C=N–C) groups is 1. The van der Waals surface area contributed by atoms with Crippen LogP contribution in [0.3, 0.4) is 0 Å². The summed E-state index contributed by atoms with van der Waals surface area (Å²) >= 11 is 0. The van der Waals surface area contributed by atoms with Crippen molar-refractivity contribution in [2.24, 2.45) is 4.99 Å². The molecule has 10 rings (SSSR count). The lowest BCUT2D eigenvalue weighted by molar-refractivity contribution is 0.0514. The minimum absolute atomic E-state index is 0.134. The Morgan fingerprint density at radius 3 is 1.39 bits per heavy atom. The molecular weight excluding hydrogens is 791 g/mol. The Balaban J connectivity index is 0.944. The fourth-order valence-electron chi connectivity index (χ4n) is 10.2. The molecule has 0 aromatic heterocycles. The third kappa shape index (κ3) is 7.13. The molecule has 0 bridgehead atoms. The lowest BCUT2D eigenvalue weighted by Crippen LogP contribution is -2.47. The Morgan fingerprint density at radius 1 is 0.469 bits per heavy atom. The molecule has 8 aromatic carbocycles. The smallest absolute Gasteiger partial charge is 0.261 e. The zero-order valence-electron chi connectivity index (χ0n) is 36.5. The second kappa shape index (κ2) is 17.3. The van der Waals surface area contributed by atoms with Crippen LogP contribution in [-0.4, -0.2) is 45.7 Å². The van der Waals surface area contributed by atoms with Crippen LogP contribution in [0.15, 0.2) is 132 Å². The minimum atomic E-state index is -0.329. The molecule has 7 heteroatoms. The SMILES string of the molecule is CCCCCCC(CCCCCC)N1C(=O)c2ccc3c4ccc5c6c(ccc(c7ccc(c2c37)C1=O)c64)C(=O)N(Cc1ccc(-c2ccc(C=Nc3ccccc3)cc2)cc1)C5=O. The number of carbonyl (C=O) groups excluding carboxylic acids is 4. The van der Waals surface area contributed by atoms with Crippen LogP contribution in [-0.2, 0) is 6.54 Å². The van der Waals surface area contributed by atoms with E-state index >= 15 is 0 Å². The zero-order chi connectivity index (χ0) is 43.9. The normalized spacial score (nSPS) is 14.0. The maximum Gasteiger partial charge on any atom is 0.261 e. The van der Waals surface area contributed by atoms with Gasteiger partial charge in [-0.2, -0.15) is 0 Å². The molecule has 0 aliphatic carbocycles. The van der Waals surface area contributed by atoms with Crippen molar-refractivity contribution in [2.45, 2.75) is 90.6 Å². The van der Waals surface area contributed by atoms with E-state index in [1.165, 1.54) is 4.90 Å². The van der Waals surface area contributed by atoms with Crippen molar-refractivity contribution >= 4 is 78.6 Å². The van der Waals surface area contributed by atoms with Gasteiger partial charge in [0.1, 0.15) is 0 Å². The maximum atomic E-state index is 14.5. The second-order valence-electron chi connectivity index (χ2n) is 17.6. The quantitative estimate of drug-likeness (QED) is 0.0319. The highest BCUT2D eigenvalue weighted by Crippen LogP contribution is 2.47. The standard InChI is InChI=1S/C57H51N3O4/c1-3-5-7-12-16-41(17-13-8-6-4-2)60-56(63)48-32-28-44-42-26-30-46-52-47(31-27-43(50(42)52)45-29-33-49(57(60)64)53(48)51(44)45)55(62)59(54(46)61)35-37-20-24-39(25-21-37)38-22-18-36(19-23-38)34-58-40-14-10-9-11-15-40/h9-11,14-15,18-34,41H,3-8,12-13,16-17,35H2,1-2H3. The van der Waals surface area contributed by atoms with Crippen LogP contribution in [0.25, 0.3) is 54.2 Å². The van der Waals surface area contributed by atoms with Crippen molar-refractivity contribution in [3.8, 4) is 11.1 Å². The summed E-state index contributed by atoms with van der Waals surface area (Å²) in [6, 6.07) is 41.3. The molecule has 0 unspecified atom stereocenters. The number of hydrogen-bond donors (Lipinski definition) is 0. The van der Waals surface area contributed by atoms with Crippen LogP contribution >= 0.6 is 0 Å². The van der Waals surface area contributed by atoms with E-state index < -0.39 is 0 Å². The Morgan fingerprint density at radius 2 is 0.922 bits per heavy atom. The molecule has 7 nitrogen and oxygen atoms in total. The summed E-state index contributed by atoms with van der Waals surface area (Å²) in [6.45, 7) is 4.53. The molecule has 0 fully saturated rings. The highest BCUT2D eigenvalue weighted by atomic mass is 16.2. The summed E-state index contributed by atoms with van der Waals surface area (Å²) in [5, 5.41) is 6.65. The van der Waals surface area contributed by atoms with Gasteiger partial charge in [0.15, 0.2) is 0 Å². The van der Waals surface area contributed by atoms with E-state index in [2.05, 4.69) is 31.0 Å². The molecule has 4 amide bonds. The third-order valence-corrected chi connectivity index (χ3v) is 13.6. The molecule has 318 valence electrons. The lowest BCUT2D eigenvalue weighted by atomic mass is 9.82. The number of hydrogen-bond acceptors (Lipinski definition) is 5. The van der Waals surface area contributed by atoms with E-state index in [1.807, 2.05) is 121 Å². The van der Waals surface area contributed by atoms with Crippen LogP contribution in [0.4, 0.5) is 5.69 Å². The van der Waals surface area contributed by atoms with Gasteiger partial charge in [0.05, 0.1) is 12.2 Å². The first kappa shape index (κ1) is 41.0. The molecular formula is C57H51N3O4. The van der Waals surface area contributed by atoms with Gasteiger partial charge >= 0.3 is 0 Å². The Hall–Kier alpha value is -6.99. The highest BCUT2D eigenvalue weighted by molar-refractivity contribution is 6.41. The van der Waals surface area contributed by atoms with Gasteiger partial charge in [0.2, 0.25) is 0 Å². The van der Waals surface area contributed by atoms with Gasteiger partial charge in [-0.15, -0.1) is 0 Å². The van der Waals surface area contributed by atoms with Crippen LogP contribution < -0.4 is 0 Å². The van der Waals surface area contributed by atoms with Crippen molar-refractivity contribution in [3.63, 3.8) is 0 Å². The number of nitrogens with zero attached hydrogens (tertiary/aromatic N) is 3. The second-order valence-corrected chi connectivity index (χ2v) is 17.6. The fourth-order valence-corrected chi connectivity index (χ4v) is 10.2. The van der Waals surface area contributed by atoms with Gasteiger partial charge < -0.3 is 0 Å². The number of fused-ring (bicyclic) bond motifs is 2. The molecule has 0 atom stereocenters. The summed E-state index contributed by atoms with van der Waals surface area (Å²) in [4.78, 5) is 65.3. The Kier molecular flexibility index (Phi) is 11.1. The van der Waals surface area contributed by atoms with Crippen LogP contribution in [0.5, 0.6) is 0 Å². The predicted octanol–water partition coefficient (Wildman–Crippen LogP) is 13.9. The van der Waals surface area contributed by atoms with Gasteiger partial charge in [-0.3, -0.25) is 34.0 Å². The van der Waals surface area contributed by atoms with Gasteiger partial charge in [-0.1, -0.05) is 156 Å². The summed E-state index contributed by atoms with van der Waals surface area (Å²) < 4.78 is 0. The molecule has 8 aromatic rings. The van der Waals surface area contributed by atoms with E-state index in [1.54, 1.807) is 4.90 Å². The number of unbranched alkanes of at least 4 members (excludes halogenated alkanes) is 6. The topological polar surface area (TPSA) is 87.1 Å². The molecule has 0 saturated heterocycles. The number of benzene rings is 8. The minimum Gasteiger partial charge on any atom is -0.271 e. The fraction of sp³-hybridized carbons (Fsp3) is 0.246. The summed E-state index contributed by atoms with van der Waals surface area (Å²) in [5.41, 5.74) is 6.94. The van der Waals surface area contributed by atoms with E-state index in [-0.39, 0.29) is 36.2 Å². The first-order chi connectivity index (χ1) is 31.4. The number of rotatable bonds is 16. The Labute approximate surface area is 373 Å². The predicted molar refractivity (Wildman–Crippen MR) is 259 cm³/mol. The van der Waals surface area contributed by atoms with Gasteiger partial charge in [-0.25, -0.2) is 0 Å². The first-order valence-corrected chi connectivity index (χ1v) is 23.1. The van der Waals surface area contributed by atoms with Gasteiger partial charge in [0, 0.05) is 45.3 Å². The van der Waals surface area contributed by atoms with E-state index in [0.717, 1.165) is 124 Å². The monoisotopic (exact) mass is 841 g/mol. The van der Waals surface area contributed by atoms with Crippen LogP contribution in [0.1, 0.15) is 131 Å². The lowest BCUT2D eigenvalue weighted by Gasteiger charge is -2.35. The van der Waals surface area contributed by atoms with Gasteiger partial charge in [-0.05, 0) is 104 Å². The number of carbonyl (C=O) groups is 4. The molecule has 2 aliphatic rings. The van der Waals surface area contributed by atoms with Crippen LogP contribution in [0, 0.1) is 0 Å². The highest BCUT2D eigenvalue weighted by Gasteiger charge is 2.39. The van der Waals surface area contributed by atoms with E-state index in [0.29, 0.717) is 33.0 Å². The molecule has 64 heavy (non-hydrogen) atoms. The molecule has 2 aliphatic heterocycles. The van der Waals surface area contributed by atoms with Crippen LogP contribution in [0.2, 0.25) is 0 Å². The molecule has 0 radical (unpaired) electrons. The molecule has 2 heterocycles. The van der Waals surface area contributed by atoms with Crippen molar-refractivity contribution in [3.05, 3.63) is 161 Å². The number of amides is 4. The average Bonchev–Trinajstić information content (AvgIpc) is 3.33. The summed E-state index contributed by atoms with van der Waals surface area (Å²) in [6.07, 6.45) is 12.2. The largest absolute Gasteiger partial charge is 0.271 e. The van der Waals surface area contributed by atoms with E-state index in [9.17, 15) is 19.2 Å². The maximum absolute atomic E-state index is 14.5. The number of para-hydroxylation sites is 1. The van der Waals surface area contributed by atoms with Crippen molar-refractivity contribution in [1.29, 1.82) is 0 Å². The number of imide groups is 2. The average molecular weight is 842 g/mol. The van der Waals surface area contributed by atoms with Gasteiger partial charge in [0.25, 0.3) is 23.6 Å². The van der Waals surface area contributed by atoms with E-state index in [4.69, 9.17) is 0 Å². The molecule has 0 saturated carbocycles. The third-order valence-electron chi connectivity index (χ3n) is 13.6. The van der Waals surface area contributed by atoms with Crippen molar-refractivity contribution in [2.75, 3.05) is 0 Å². The van der Waals surface area contributed by atoms with Crippen molar-refractivity contribution < 1.29 is 19.2 Å². The summed E-state index contributed by atoms with van der Waals surface area (Å²) in [7, 11) is 0. The summed E-state index contributed by atoms with van der Waals surface area (Å²) in [5.74, 6) is -1.08. The first-order valence-electron chi connectivity index (χ1n) is 23.1. The Bertz CT molecular complexity index is 3000. The van der Waals surface area contributed by atoms with Crippen molar-refractivity contribution in [1.82, 2.24) is 9.80 Å². The zero-order valence-corrected chi connectivity index (χ0v) is 36.5. The molecule has 0 N–H and O–H groups in total. The molecule has 0 spiro atoms.